The molecule has 1 heterocycles. The fraction of sp³-hybridized carbons (Fsp3) is 0.667. The second-order valence-corrected chi connectivity index (χ2v) is 9.88. The first-order valence-electron chi connectivity index (χ1n) is 12.8. The highest BCUT2D eigenvalue weighted by atomic mass is 16.5. The summed E-state index contributed by atoms with van der Waals surface area (Å²) in [6.45, 7) is 9.28. The van der Waals surface area contributed by atoms with Gasteiger partial charge in [0.2, 0.25) is 11.8 Å². The number of nitrogens with one attached hydrogen (secondary N) is 1. The highest BCUT2D eigenvalue weighted by Crippen LogP contribution is 2.46. The first-order chi connectivity index (χ1) is 16.6. The molecule has 4 amide bonds. The van der Waals surface area contributed by atoms with Crippen LogP contribution in [0.1, 0.15) is 70.0 Å². The SMILES string of the molecule is CCC[C@@H](NC(=O)N1C(=O)C(CC)(CC)[C@@H]1OCC(=O)N(C)CCCN(C)C)c1ccc(C)cc1. The van der Waals surface area contributed by atoms with Gasteiger partial charge in [0.05, 0.1) is 11.5 Å². The van der Waals surface area contributed by atoms with Crippen LogP contribution in [0.4, 0.5) is 4.79 Å². The standard InChI is InChI=1S/C27H44N4O4/c1-8-12-22(21-15-13-20(4)14-16-21)28-26(34)31-24(33)27(9-2,10-3)25(31)35-19-23(32)30(7)18-11-17-29(5)6/h13-16,22,25H,8-12,17-19H2,1-7H3,(H,28,34)/t22-,25+/m1/s1. The van der Waals surface area contributed by atoms with Gasteiger partial charge >= 0.3 is 6.03 Å². The predicted octanol–water partition coefficient (Wildman–Crippen LogP) is 3.95. The van der Waals surface area contributed by atoms with Gasteiger partial charge in [-0.1, -0.05) is 57.0 Å². The summed E-state index contributed by atoms with van der Waals surface area (Å²) in [5.74, 6) is -0.399. The van der Waals surface area contributed by atoms with Crippen molar-refractivity contribution in [3.63, 3.8) is 0 Å². The quantitative estimate of drug-likeness (QED) is 0.425. The number of carbonyl (C=O) groups excluding carboxylic acids is 3. The predicted molar refractivity (Wildman–Crippen MR) is 138 cm³/mol. The van der Waals surface area contributed by atoms with Crippen LogP contribution in [-0.2, 0) is 14.3 Å². The molecule has 1 aromatic rings. The van der Waals surface area contributed by atoms with E-state index < -0.39 is 17.7 Å². The second-order valence-electron chi connectivity index (χ2n) is 9.88. The topological polar surface area (TPSA) is 82.2 Å². The number of benzene rings is 1. The monoisotopic (exact) mass is 488 g/mol. The van der Waals surface area contributed by atoms with Crippen molar-refractivity contribution in [1.82, 2.24) is 20.0 Å². The molecule has 1 aromatic carbocycles. The Bertz CT molecular complexity index is 851. The normalized spacial score (nSPS) is 17.8. The lowest BCUT2D eigenvalue weighted by atomic mass is 9.72. The van der Waals surface area contributed by atoms with Crippen LogP contribution in [0.3, 0.4) is 0 Å². The van der Waals surface area contributed by atoms with Crippen LogP contribution in [0.25, 0.3) is 0 Å². The molecular formula is C27H44N4O4. The van der Waals surface area contributed by atoms with Crippen LogP contribution in [0.2, 0.25) is 0 Å². The molecule has 1 N–H and O–H groups in total. The van der Waals surface area contributed by atoms with Crippen molar-refractivity contribution in [2.45, 2.75) is 72.1 Å². The number of carbonyl (C=O) groups is 3. The highest BCUT2D eigenvalue weighted by Gasteiger charge is 2.62. The summed E-state index contributed by atoms with van der Waals surface area (Å²) < 4.78 is 6.00. The number of aryl methyl sites for hydroxylation is 1. The van der Waals surface area contributed by atoms with Crippen molar-refractivity contribution in [2.75, 3.05) is 40.8 Å². The average molecular weight is 489 g/mol. The summed E-state index contributed by atoms with van der Waals surface area (Å²) in [5, 5.41) is 3.04. The number of imide groups is 1. The van der Waals surface area contributed by atoms with Gasteiger partial charge < -0.3 is 19.9 Å². The number of ether oxygens (including phenoxy) is 1. The molecule has 0 spiro atoms. The van der Waals surface area contributed by atoms with E-state index in [0.29, 0.717) is 19.4 Å². The van der Waals surface area contributed by atoms with E-state index in [1.165, 1.54) is 4.90 Å². The van der Waals surface area contributed by atoms with Gasteiger partial charge in [-0.15, -0.1) is 0 Å². The lowest BCUT2D eigenvalue weighted by Crippen LogP contribution is -2.72. The molecule has 0 aliphatic carbocycles. The zero-order valence-corrected chi connectivity index (χ0v) is 22.6. The summed E-state index contributed by atoms with van der Waals surface area (Å²) in [6.07, 6.45) is 2.82. The van der Waals surface area contributed by atoms with Gasteiger partial charge in [-0.05, 0) is 58.8 Å². The van der Waals surface area contributed by atoms with Gasteiger partial charge in [0, 0.05) is 13.6 Å². The van der Waals surface area contributed by atoms with Crippen molar-refractivity contribution in [2.24, 2.45) is 5.41 Å². The fourth-order valence-electron chi connectivity index (χ4n) is 4.60. The molecule has 8 heteroatoms. The maximum absolute atomic E-state index is 13.3. The zero-order valence-electron chi connectivity index (χ0n) is 22.6. The molecule has 2 atom stereocenters. The summed E-state index contributed by atoms with van der Waals surface area (Å²) in [5.41, 5.74) is 1.36. The van der Waals surface area contributed by atoms with E-state index in [1.54, 1.807) is 11.9 Å². The van der Waals surface area contributed by atoms with Crippen molar-refractivity contribution < 1.29 is 19.1 Å². The molecule has 196 valence electrons. The van der Waals surface area contributed by atoms with Crippen molar-refractivity contribution in [1.29, 1.82) is 0 Å². The first kappa shape index (κ1) is 28.8. The third kappa shape index (κ3) is 6.82. The fourth-order valence-corrected chi connectivity index (χ4v) is 4.60. The zero-order chi connectivity index (χ0) is 26.2. The third-order valence-corrected chi connectivity index (χ3v) is 7.08. The van der Waals surface area contributed by atoms with E-state index in [2.05, 4.69) is 17.1 Å². The number of β-lactam (4-membered cyclic amide) rings is 1. The number of amides is 4. The molecule has 35 heavy (non-hydrogen) atoms. The van der Waals surface area contributed by atoms with Gasteiger partial charge in [-0.2, -0.15) is 0 Å². The van der Waals surface area contributed by atoms with Gasteiger partial charge in [-0.3, -0.25) is 9.59 Å². The molecule has 1 saturated heterocycles. The maximum Gasteiger partial charge on any atom is 0.326 e. The molecule has 2 rings (SSSR count). The van der Waals surface area contributed by atoms with E-state index in [1.807, 2.05) is 59.1 Å². The van der Waals surface area contributed by atoms with Crippen LogP contribution >= 0.6 is 0 Å². The van der Waals surface area contributed by atoms with E-state index in [0.717, 1.165) is 36.9 Å². The van der Waals surface area contributed by atoms with Gasteiger partial charge in [0.1, 0.15) is 6.61 Å². The van der Waals surface area contributed by atoms with Crippen molar-refractivity contribution in [3.05, 3.63) is 35.4 Å². The molecule has 0 bridgehead atoms. The Balaban J connectivity index is 2.10. The minimum absolute atomic E-state index is 0.159. The number of likely N-dealkylation sites (N-methyl/N-ethyl adjacent to an activating group) is 1. The van der Waals surface area contributed by atoms with E-state index in [9.17, 15) is 14.4 Å². The van der Waals surface area contributed by atoms with Crippen molar-refractivity contribution in [3.8, 4) is 0 Å². The number of nitrogens with zero attached hydrogens (tertiary/aromatic N) is 3. The Labute approximate surface area is 211 Å². The minimum Gasteiger partial charge on any atom is -0.347 e. The largest absolute Gasteiger partial charge is 0.347 e. The summed E-state index contributed by atoms with van der Waals surface area (Å²) in [6, 6.07) is 7.38. The maximum atomic E-state index is 13.3. The number of hydrogen-bond donors (Lipinski definition) is 1. The molecular weight excluding hydrogens is 444 g/mol. The summed E-state index contributed by atoms with van der Waals surface area (Å²) >= 11 is 0. The minimum atomic E-state index is -0.786. The number of urea groups is 1. The second kappa shape index (κ2) is 13.0. The molecule has 0 aromatic heterocycles. The van der Waals surface area contributed by atoms with E-state index >= 15 is 0 Å². The molecule has 0 radical (unpaired) electrons. The Hall–Kier alpha value is -2.45. The molecule has 8 nitrogen and oxygen atoms in total. The number of hydrogen-bond acceptors (Lipinski definition) is 5. The first-order valence-corrected chi connectivity index (χ1v) is 12.8. The lowest BCUT2D eigenvalue weighted by molar-refractivity contribution is -0.211. The van der Waals surface area contributed by atoms with Crippen LogP contribution < -0.4 is 5.32 Å². The van der Waals surface area contributed by atoms with Gasteiger partial charge in [0.25, 0.3) is 0 Å². The molecule has 1 fully saturated rings. The van der Waals surface area contributed by atoms with E-state index in [-0.39, 0.29) is 24.5 Å². The molecule has 0 saturated carbocycles. The van der Waals surface area contributed by atoms with Crippen LogP contribution in [0.5, 0.6) is 0 Å². The van der Waals surface area contributed by atoms with Gasteiger partial charge in [0.15, 0.2) is 6.23 Å². The molecule has 1 aliphatic rings. The van der Waals surface area contributed by atoms with Crippen molar-refractivity contribution >= 4 is 17.8 Å². The Morgan fingerprint density at radius 2 is 1.71 bits per heavy atom. The Kier molecular flexibility index (Phi) is 10.7. The summed E-state index contributed by atoms with van der Waals surface area (Å²) in [4.78, 5) is 44.0. The smallest absolute Gasteiger partial charge is 0.326 e. The van der Waals surface area contributed by atoms with E-state index in [4.69, 9.17) is 4.74 Å². The third-order valence-electron chi connectivity index (χ3n) is 7.08. The lowest BCUT2D eigenvalue weighted by Gasteiger charge is -2.53. The number of likely N-dealkylation sites (tertiary alicyclic amines) is 1. The average Bonchev–Trinajstić information content (AvgIpc) is 2.82. The van der Waals surface area contributed by atoms with Crippen LogP contribution in [0, 0.1) is 12.3 Å². The Morgan fingerprint density at radius 1 is 1.09 bits per heavy atom. The molecule has 1 aliphatic heterocycles. The van der Waals surface area contributed by atoms with Gasteiger partial charge in [-0.25, -0.2) is 9.69 Å². The van der Waals surface area contributed by atoms with Crippen LogP contribution in [0.15, 0.2) is 24.3 Å². The molecule has 0 unspecified atom stereocenters. The van der Waals surface area contributed by atoms with Crippen LogP contribution in [-0.4, -0.2) is 79.6 Å². The number of rotatable bonds is 13. The highest BCUT2D eigenvalue weighted by molar-refractivity contribution is 6.03. The summed E-state index contributed by atoms with van der Waals surface area (Å²) in [7, 11) is 5.75. The Morgan fingerprint density at radius 3 is 2.26 bits per heavy atom.